The number of carbonyl (C=O) groups is 2. The van der Waals surface area contributed by atoms with E-state index in [1.165, 1.54) is 18.1 Å². The molecule has 4 aliphatic carbocycles. The van der Waals surface area contributed by atoms with Crippen molar-refractivity contribution in [1.82, 2.24) is 0 Å². The van der Waals surface area contributed by atoms with Crippen molar-refractivity contribution in [2.45, 2.75) is 89.2 Å². The molecular weight excluding hydrogens is 528 g/mol. The lowest BCUT2D eigenvalue weighted by atomic mass is 9.51. The fourth-order valence-corrected chi connectivity index (χ4v) is 9.67. The number of esters is 1. The molecule has 0 aromatic carbocycles. The molecule has 0 aromatic rings. The lowest BCUT2D eigenvalue weighted by molar-refractivity contribution is -0.344. The van der Waals surface area contributed by atoms with Gasteiger partial charge in [-0.3, -0.25) is 9.59 Å². The summed E-state index contributed by atoms with van der Waals surface area (Å²) in [4.78, 5) is 26.6. The molecule has 41 heavy (non-hydrogen) atoms. The van der Waals surface area contributed by atoms with E-state index in [-0.39, 0.29) is 65.1 Å². The van der Waals surface area contributed by atoms with E-state index in [1.54, 1.807) is 28.4 Å². The molecule has 0 bridgehead atoms. The Balaban J connectivity index is 1.38. The van der Waals surface area contributed by atoms with Gasteiger partial charge < -0.3 is 33.2 Å². The molecule has 0 amide bonds. The minimum Gasteiger partial charge on any atom is -0.462 e. The molecule has 1 spiro atoms. The molecule has 228 valence electrons. The first-order valence-electron chi connectivity index (χ1n) is 15.2. The van der Waals surface area contributed by atoms with E-state index in [0.717, 1.165) is 31.3 Å². The molecule has 1 saturated carbocycles. The summed E-state index contributed by atoms with van der Waals surface area (Å²) in [7, 11) is 6.75. The van der Waals surface area contributed by atoms with Gasteiger partial charge in [0.25, 0.3) is 0 Å². The highest BCUT2D eigenvalue weighted by Crippen LogP contribution is 2.64. The van der Waals surface area contributed by atoms with Crippen LogP contribution >= 0.6 is 0 Å². The van der Waals surface area contributed by atoms with Crippen LogP contribution < -0.4 is 0 Å². The van der Waals surface area contributed by atoms with Crippen LogP contribution in [-0.2, 0) is 42.7 Å². The Labute approximate surface area is 243 Å². The van der Waals surface area contributed by atoms with Gasteiger partial charge in [0, 0.05) is 70.5 Å². The van der Waals surface area contributed by atoms with Crippen LogP contribution in [0.3, 0.4) is 0 Å². The third kappa shape index (κ3) is 4.17. The molecule has 2 aliphatic heterocycles. The van der Waals surface area contributed by atoms with Crippen LogP contribution in [0.15, 0.2) is 22.8 Å². The molecule has 0 aromatic heterocycles. The van der Waals surface area contributed by atoms with Crippen molar-refractivity contribution in [3.8, 4) is 0 Å². The number of rotatable bonds is 6. The molecule has 0 radical (unpaired) electrons. The Kier molecular flexibility index (Phi) is 7.78. The SMILES string of the molecule is COC[C@H]1[C@@H]2C3=C(C(=O)[C@@H]2O[C@@]12OC[C@H](C)[C@@H](OC)[C@@H]2OC)[C@@H]1CC=C2C[C@@H](OC)C[C@@H](OC(C)=O)[C@]2(C)[C@H]1CC3. The summed E-state index contributed by atoms with van der Waals surface area (Å²) in [5.74, 6) is -1.31. The maximum Gasteiger partial charge on any atom is 0.302 e. The fraction of sp³-hybridized carbons (Fsp3) is 0.812. The topological polar surface area (TPSA) is 98.8 Å². The lowest BCUT2D eigenvalue weighted by Gasteiger charge is -2.55. The highest BCUT2D eigenvalue weighted by molar-refractivity contribution is 6.04. The van der Waals surface area contributed by atoms with E-state index >= 15 is 0 Å². The second-order valence-electron chi connectivity index (χ2n) is 13.2. The second-order valence-corrected chi connectivity index (χ2v) is 13.2. The number of Topliss-reactive ketones (excluding diaryl/α,β-unsaturated/α-hetero) is 1. The maximum atomic E-state index is 14.4. The quantitative estimate of drug-likeness (QED) is 0.348. The Morgan fingerprint density at radius 3 is 2.59 bits per heavy atom. The molecule has 0 unspecified atom stereocenters. The first-order valence-corrected chi connectivity index (χ1v) is 15.2. The van der Waals surface area contributed by atoms with Crippen LogP contribution in [0.2, 0.25) is 0 Å². The minimum atomic E-state index is -1.12. The number of ketones is 1. The van der Waals surface area contributed by atoms with Gasteiger partial charge in [-0.25, -0.2) is 0 Å². The number of fused-ring (bicyclic) bond motifs is 6. The highest BCUT2D eigenvalue weighted by atomic mass is 16.7. The van der Waals surface area contributed by atoms with Crippen LogP contribution in [0, 0.1) is 35.0 Å². The molecule has 0 N–H and O–H groups in total. The maximum absolute atomic E-state index is 14.4. The van der Waals surface area contributed by atoms with Crippen LogP contribution in [0.1, 0.15) is 52.9 Å². The van der Waals surface area contributed by atoms with Gasteiger partial charge in [0.1, 0.15) is 18.3 Å². The van der Waals surface area contributed by atoms with Gasteiger partial charge in [0.15, 0.2) is 5.78 Å². The van der Waals surface area contributed by atoms with E-state index in [4.69, 9.17) is 33.2 Å². The number of ether oxygens (including phenoxy) is 7. The third-order valence-corrected chi connectivity index (χ3v) is 11.5. The molecule has 6 aliphatic rings. The van der Waals surface area contributed by atoms with E-state index in [2.05, 4.69) is 19.9 Å². The first-order chi connectivity index (χ1) is 19.7. The van der Waals surface area contributed by atoms with Crippen LogP contribution in [-0.4, -0.2) is 89.7 Å². The molecule has 2 heterocycles. The Morgan fingerprint density at radius 2 is 1.93 bits per heavy atom. The van der Waals surface area contributed by atoms with Gasteiger partial charge in [-0.15, -0.1) is 0 Å². The van der Waals surface area contributed by atoms with E-state index in [9.17, 15) is 9.59 Å². The average Bonchev–Trinajstić information content (AvgIpc) is 3.41. The summed E-state index contributed by atoms with van der Waals surface area (Å²) in [6.45, 7) is 6.64. The first kappa shape index (κ1) is 29.5. The monoisotopic (exact) mass is 574 g/mol. The van der Waals surface area contributed by atoms with E-state index < -0.39 is 18.0 Å². The summed E-state index contributed by atoms with van der Waals surface area (Å²) < 4.78 is 42.7. The van der Waals surface area contributed by atoms with Crippen LogP contribution in [0.4, 0.5) is 0 Å². The van der Waals surface area contributed by atoms with Crippen molar-refractivity contribution in [2.24, 2.45) is 35.0 Å². The van der Waals surface area contributed by atoms with E-state index in [1.807, 2.05) is 0 Å². The number of methoxy groups -OCH3 is 4. The molecular formula is C32H46O9. The zero-order valence-corrected chi connectivity index (χ0v) is 25.5. The van der Waals surface area contributed by atoms with Crippen LogP contribution in [0.25, 0.3) is 0 Å². The summed E-state index contributed by atoms with van der Waals surface area (Å²) in [5, 5.41) is 0. The van der Waals surface area contributed by atoms with Gasteiger partial charge in [0.05, 0.1) is 25.4 Å². The Hall–Kier alpha value is -1.62. The molecule has 12 atom stereocenters. The average molecular weight is 575 g/mol. The fourth-order valence-electron chi connectivity index (χ4n) is 9.67. The van der Waals surface area contributed by atoms with Gasteiger partial charge in [0.2, 0.25) is 5.79 Å². The molecule has 9 heteroatoms. The number of allylic oxidation sites excluding steroid dienone is 1. The number of hydrogen-bond acceptors (Lipinski definition) is 9. The summed E-state index contributed by atoms with van der Waals surface area (Å²) in [6, 6.07) is 0. The predicted molar refractivity (Wildman–Crippen MR) is 148 cm³/mol. The highest BCUT2D eigenvalue weighted by Gasteiger charge is 2.70. The number of carbonyl (C=O) groups excluding carboxylic acids is 2. The summed E-state index contributed by atoms with van der Waals surface area (Å²) >= 11 is 0. The van der Waals surface area contributed by atoms with Crippen LogP contribution in [0.5, 0.6) is 0 Å². The zero-order valence-electron chi connectivity index (χ0n) is 25.5. The zero-order chi connectivity index (χ0) is 29.3. The normalized spacial score (nSPS) is 47.0. The second kappa shape index (κ2) is 10.8. The third-order valence-electron chi connectivity index (χ3n) is 11.5. The lowest BCUT2D eigenvalue weighted by Crippen LogP contribution is -2.63. The van der Waals surface area contributed by atoms with Crippen molar-refractivity contribution < 1.29 is 42.7 Å². The Morgan fingerprint density at radius 1 is 1.15 bits per heavy atom. The van der Waals surface area contributed by atoms with Gasteiger partial charge >= 0.3 is 5.97 Å². The van der Waals surface area contributed by atoms with Gasteiger partial charge in [-0.1, -0.05) is 31.1 Å². The van der Waals surface area contributed by atoms with E-state index in [0.29, 0.717) is 19.6 Å². The number of hydrogen-bond donors (Lipinski definition) is 0. The van der Waals surface area contributed by atoms with Crippen molar-refractivity contribution in [3.05, 3.63) is 22.8 Å². The Bertz CT molecular complexity index is 1130. The van der Waals surface area contributed by atoms with Crippen molar-refractivity contribution in [1.29, 1.82) is 0 Å². The molecule has 6 rings (SSSR count). The minimum absolute atomic E-state index is 0.0170. The van der Waals surface area contributed by atoms with Crippen molar-refractivity contribution in [2.75, 3.05) is 41.7 Å². The summed E-state index contributed by atoms with van der Waals surface area (Å²) in [6.07, 6.45) is 4.68. The molecule has 2 saturated heterocycles. The smallest absolute Gasteiger partial charge is 0.302 e. The van der Waals surface area contributed by atoms with Gasteiger partial charge in [-0.2, -0.15) is 0 Å². The summed E-state index contributed by atoms with van der Waals surface area (Å²) in [5.41, 5.74) is 3.08. The largest absolute Gasteiger partial charge is 0.462 e. The standard InChI is InChI=1S/C32H46O9/c1-16-14-39-32(30(38-7)28(16)37-6)23(15-35-4)26-21-10-11-22-20(25(21)27(34)29(26)41-32)9-8-18-12-19(36-5)13-24(31(18,22)3)40-17(2)33/h8,16,19-20,22-24,26,28-30H,9-15H2,1-7H3/t16-,19+,20+,22-,23-,24+,26-,28+,29+,30-,31-,32-/m0/s1. The van der Waals surface area contributed by atoms with Gasteiger partial charge in [-0.05, 0) is 37.5 Å². The predicted octanol–water partition coefficient (Wildman–Crippen LogP) is 3.64. The van der Waals surface area contributed by atoms with Crippen molar-refractivity contribution in [3.63, 3.8) is 0 Å². The molecule has 3 fully saturated rings. The molecule has 9 nitrogen and oxygen atoms in total. The van der Waals surface area contributed by atoms with Crippen molar-refractivity contribution >= 4 is 11.8 Å².